The molecule has 12 heteroatoms. The van der Waals surface area contributed by atoms with Crippen LogP contribution in [0.4, 0.5) is 9.59 Å². The van der Waals surface area contributed by atoms with Gasteiger partial charge in [0.15, 0.2) is 0 Å². The molecule has 2 aliphatic rings. The molecule has 2 aromatic carbocycles. The Morgan fingerprint density at radius 2 is 1.05 bits per heavy atom. The smallest absolute Gasteiger partial charge is 0.407 e. The highest BCUT2D eigenvalue weighted by molar-refractivity contribution is 9.09. The normalized spacial score (nSPS) is 21.5. The second-order valence-corrected chi connectivity index (χ2v) is 17.2. The summed E-state index contributed by atoms with van der Waals surface area (Å²) in [4.78, 5) is 49.3. The number of benzene rings is 2. The first-order valence-corrected chi connectivity index (χ1v) is 21.3. The lowest BCUT2D eigenvalue weighted by atomic mass is 9.85. The zero-order chi connectivity index (χ0) is 41.4. The maximum atomic E-state index is 12.4. The highest BCUT2D eigenvalue weighted by atomic mass is 79.9. The number of esters is 2. The number of nitrogens with one attached hydrogen (secondary N) is 2. The Hall–Kier alpha value is -3.64. The van der Waals surface area contributed by atoms with Crippen LogP contribution in [0.3, 0.4) is 0 Å². The topological polar surface area (TPSA) is 149 Å². The van der Waals surface area contributed by atoms with Crippen molar-refractivity contribution in [3.63, 3.8) is 0 Å². The number of alkyl halides is 1. The van der Waals surface area contributed by atoms with Gasteiger partial charge in [0, 0.05) is 11.9 Å². The molecule has 2 heterocycles. The van der Waals surface area contributed by atoms with Gasteiger partial charge in [-0.25, -0.2) is 9.59 Å². The Bertz CT molecular complexity index is 1380. The molecule has 2 saturated heterocycles. The molecule has 0 radical (unpaired) electrons. The zero-order valence-electron chi connectivity index (χ0n) is 34.4. The second-order valence-electron chi connectivity index (χ2n) is 16.6. The summed E-state index contributed by atoms with van der Waals surface area (Å²) < 4.78 is 22.0. The van der Waals surface area contributed by atoms with Crippen LogP contribution in [0.1, 0.15) is 92.2 Å². The minimum absolute atomic E-state index is 0.00350. The first-order valence-electron chi connectivity index (χ1n) is 20.1. The van der Waals surface area contributed by atoms with E-state index in [1.165, 1.54) is 0 Å². The zero-order valence-corrected chi connectivity index (χ0v) is 36.0. The van der Waals surface area contributed by atoms with Crippen LogP contribution < -0.4 is 10.6 Å². The molecule has 8 atom stereocenters. The van der Waals surface area contributed by atoms with Gasteiger partial charge in [-0.3, -0.25) is 9.59 Å². The molecule has 312 valence electrons. The highest BCUT2D eigenvalue weighted by Gasteiger charge is 2.43. The summed E-state index contributed by atoms with van der Waals surface area (Å²) in [6, 6.07) is 18.4. The number of rotatable bonds is 18. The van der Waals surface area contributed by atoms with Gasteiger partial charge in [-0.05, 0) is 72.3 Å². The molecule has 4 rings (SSSR count). The molecular weight excluding hydrogens is 780 g/mol. The number of aliphatic hydroxyl groups is 1. The predicted molar refractivity (Wildman–Crippen MR) is 220 cm³/mol. The average molecular weight is 846 g/mol. The summed E-state index contributed by atoms with van der Waals surface area (Å²) in [6.07, 6.45) is 0.711. The van der Waals surface area contributed by atoms with E-state index in [4.69, 9.17) is 18.9 Å². The number of hydrogen-bond donors (Lipinski definition) is 3. The Morgan fingerprint density at radius 3 is 1.36 bits per heavy atom. The van der Waals surface area contributed by atoms with E-state index in [1.54, 1.807) is 0 Å². The first kappa shape index (κ1) is 46.7. The minimum atomic E-state index is -0.543. The van der Waals surface area contributed by atoms with E-state index < -0.39 is 24.3 Å². The van der Waals surface area contributed by atoms with E-state index in [0.29, 0.717) is 31.1 Å². The van der Waals surface area contributed by atoms with Crippen LogP contribution in [0.25, 0.3) is 0 Å². The van der Waals surface area contributed by atoms with Crippen LogP contribution in [0.5, 0.6) is 0 Å². The number of carbonyl (C=O) groups is 4. The molecule has 2 amide bonds. The highest BCUT2D eigenvalue weighted by Crippen LogP contribution is 2.33. The number of aliphatic hydroxyl groups excluding tert-OH is 1. The maximum Gasteiger partial charge on any atom is 0.407 e. The number of ether oxygens (including phenoxy) is 4. The van der Waals surface area contributed by atoms with Crippen molar-refractivity contribution in [1.82, 2.24) is 10.6 Å². The van der Waals surface area contributed by atoms with Crippen LogP contribution in [-0.2, 0) is 41.8 Å². The van der Waals surface area contributed by atoms with E-state index in [-0.39, 0.29) is 79.4 Å². The Morgan fingerprint density at radius 1 is 0.679 bits per heavy atom. The quantitative estimate of drug-likeness (QED) is 0.0764. The number of cyclic esters (lactones) is 2. The number of alkyl carbamates (subject to hydrolysis) is 2. The van der Waals surface area contributed by atoms with Gasteiger partial charge in [0.25, 0.3) is 0 Å². The van der Waals surface area contributed by atoms with Crippen LogP contribution in [0.2, 0.25) is 0 Å². The van der Waals surface area contributed by atoms with Crippen molar-refractivity contribution >= 4 is 40.1 Å². The molecule has 2 fully saturated rings. The number of amides is 2. The molecule has 56 heavy (non-hydrogen) atoms. The fourth-order valence-electron chi connectivity index (χ4n) is 7.01. The lowest BCUT2D eigenvalue weighted by Crippen LogP contribution is -2.45. The van der Waals surface area contributed by atoms with E-state index in [9.17, 15) is 24.3 Å². The van der Waals surface area contributed by atoms with Crippen molar-refractivity contribution in [2.24, 2.45) is 47.3 Å². The van der Waals surface area contributed by atoms with E-state index >= 15 is 0 Å². The fourth-order valence-corrected chi connectivity index (χ4v) is 8.02. The molecule has 0 unspecified atom stereocenters. The van der Waals surface area contributed by atoms with Gasteiger partial charge in [-0.2, -0.15) is 0 Å². The number of hydrogen-bond acceptors (Lipinski definition) is 9. The largest absolute Gasteiger partial charge is 0.460 e. The van der Waals surface area contributed by atoms with Gasteiger partial charge >= 0.3 is 24.1 Å². The van der Waals surface area contributed by atoms with E-state index in [2.05, 4.69) is 40.4 Å². The van der Waals surface area contributed by atoms with Gasteiger partial charge in [0.1, 0.15) is 25.4 Å². The molecule has 3 N–H and O–H groups in total. The van der Waals surface area contributed by atoms with Crippen LogP contribution in [0.15, 0.2) is 60.7 Å². The second kappa shape index (κ2) is 23.6. The van der Waals surface area contributed by atoms with Crippen molar-refractivity contribution in [1.29, 1.82) is 0 Å². The first-order chi connectivity index (χ1) is 26.6. The Labute approximate surface area is 342 Å². The Balaban J connectivity index is 0.000000300. The third-order valence-electron chi connectivity index (χ3n) is 11.1. The third-order valence-corrected chi connectivity index (χ3v) is 11.9. The van der Waals surface area contributed by atoms with E-state index in [1.807, 2.05) is 102 Å². The molecule has 11 nitrogen and oxygen atoms in total. The number of carbonyl (C=O) groups excluding carboxylic acids is 4. The monoisotopic (exact) mass is 844 g/mol. The molecule has 2 aliphatic heterocycles. The average Bonchev–Trinajstić information content (AvgIpc) is 3.76. The molecule has 2 aromatic rings. The molecule has 0 bridgehead atoms. The minimum Gasteiger partial charge on any atom is -0.460 e. The van der Waals surface area contributed by atoms with Gasteiger partial charge in [-0.1, -0.05) is 132 Å². The lowest BCUT2D eigenvalue weighted by molar-refractivity contribution is -0.147. The van der Waals surface area contributed by atoms with Crippen molar-refractivity contribution in [3.8, 4) is 0 Å². The van der Waals surface area contributed by atoms with Crippen molar-refractivity contribution in [2.75, 3.05) is 11.9 Å². The predicted octanol–water partition coefficient (Wildman–Crippen LogP) is 8.45. The van der Waals surface area contributed by atoms with Crippen LogP contribution >= 0.6 is 15.9 Å². The summed E-state index contributed by atoms with van der Waals surface area (Å²) in [5.41, 5.74) is 1.83. The van der Waals surface area contributed by atoms with Crippen molar-refractivity contribution in [3.05, 3.63) is 71.8 Å². The van der Waals surface area contributed by atoms with E-state index in [0.717, 1.165) is 22.9 Å². The van der Waals surface area contributed by atoms with Crippen molar-refractivity contribution < 1.29 is 43.2 Å². The van der Waals surface area contributed by atoms with Gasteiger partial charge in [0.05, 0.1) is 23.9 Å². The van der Waals surface area contributed by atoms with Gasteiger partial charge < -0.3 is 34.7 Å². The summed E-state index contributed by atoms with van der Waals surface area (Å²) in [5, 5.41) is 16.4. The Kier molecular flexibility index (Phi) is 19.7. The third kappa shape index (κ3) is 15.0. The molecular formula is C44H65BrN2O9. The maximum absolute atomic E-state index is 12.4. The van der Waals surface area contributed by atoms with Crippen LogP contribution in [-0.4, -0.2) is 65.5 Å². The summed E-state index contributed by atoms with van der Waals surface area (Å²) in [6.45, 7) is 16.8. The summed E-state index contributed by atoms with van der Waals surface area (Å²) in [5.74, 6) is 0.792. The SMILES string of the molecule is CC(C)[C@@H](CBr)C[C@H](NC(=O)OCc1ccccc1)[C@@H]1C[C@@H](C(C)C)C(=O)O1.CC(C)[C@@H](CO)C[C@H](NC(=O)OCc1ccccc1)[C@@H]1C[C@@H](C(C)C)C(=O)O1. The van der Waals surface area contributed by atoms with Crippen LogP contribution in [0, 0.1) is 47.3 Å². The van der Waals surface area contributed by atoms with Gasteiger partial charge in [-0.15, -0.1) is 0 Å². The molecule has 0 aliphatic carbocycles. The van der Waals surface area contributed by atoms with Gasteiger partial charge in [0.2, 0.25) is 0 Å². The molecule has 0 spiro atoms. The standard InChI is InChI=1S/C22H32BrNO4.C22H33NO5/c1-14(2)17(12-23)10-19(20-11-18(15(3)4)21(25)28-20)24-22(26)27-13-16-8-6-5-7-9-16;1-14(2)17(12-24)10-19(20-11-18(15(3)4)21(25)28-20)23-22(26)27-13-16-8-6-5-7-9-16/h5-9,14-15,17-20H,10-13H2,1-4H3,(H,24,26);5-9,14-15,17-20,24H,10-13H2,1-4H3,(H,23,26)/t2*17-,18+,19+,20+/m11/s1. The fraction of sp³-hybridized carbons (Fsp3) is 0.636. The molecule has 0 aromatic heterocycles. The lowest BCUT2D eigenvalue weighted by Gasteiger charge is -2.29. The summed E-state index contributed by atoms with van der Waals surface area (Å²) >= 11 is 3.58. The summed E-state index contributed by atoms with van der Waals surface area (Å²) in [7, 11) is 0. The number of halogens is 1. The van der Waals surface area contributed by atoms with Crippen molar-refractivity contribution in [2.45, 2.75) is 119 Å². The molecule has 0 saturated carbocycles.